The third-order valence-electron chi connectivity index (χ3n) is 4.72. The van der Waals surface area contributed by atoms with Crippen LogP contribution < -0.4 is 20.9 Å². The summed E-state index contributed by atoms with van der Waals surface area (Å²) >= 11 is 1.32. The number of nitrogens with zero attached hydrogens (tertiary/aromatic N) is 2. The lowest BCUT2D eigenvalue weighted by Crippen LogP contribution is -2.42. The van der Waals surface area contributed by atoms with Crippen LogP contribution in [0.2, 0.25) is 0 Å². The second-order valence-electron chi connectivity index (χ2n) is 6.68. The van der Waals surface area contributed by atoms with Crippen LogP contribution in [0.25, 0.3) is 10.2 Å². The van der Waals surface area contributed by atoms with E-state index in [2.05, 4.69) is 4.98 Å². The van der Waals surface area contributed by atoms with Crippen LogP contribution in [-0.4, -0.2) is 34.4 Å². The SMILES string of the molecule is Cc1cc2c(=O)n(CC(=O)c3ccc4c(c3)N(C)C(=O)C(C)O4)c(=O)[nH]c2s1. The van der Waals surface area contributed by atoms with Gasteiger partial charge in [-0.3, -0.25) is 23.9 Å². The van der Waals surface area contributed by atoms with Gasteiger partial charge in [0.25, 0.3) is 11.5 Å². The summed E-state index contributed by atoms with van der Waals surface area (Å²) < 4.78 is 6.44. The number of rotatable bonds is 3. The quantitative estimate of drug-likeness (QED) is 0.676. The summed E-state index contributed by atoms with van der Waals surface area (Å²) in [4.78, 5) is 55.2. The molecule has 8 nitrogen and oxygen atoms in total. The van der Waals surface area contributed by atoms with E-state index < -0.39 is 29.7 Å². The highest BCUT2D eigenvalue weighted by Gasteiger charge is 2.29. The smallest absolute Gasteiger partial charge is 0.329 e. The number of likely N-dealkylation sites (N-methyl/N-ethyl adjacent to an activating group) is 1. The number of fused-ring (bicyclic) bond motifs is 2. The van der Waals surface area contributed by atoms with Crippen molar-refractivity contribution < 1.29 is 14.3 Å². The number of hydrogen-bond acceptors (Lipinski definition) is 6. The molecule has 0 fully saturated rings. The molecule has 0 aliphatic carbocycles. The van der Waals surface area contributed by atoms with E-state index in [1.165, 1.54) is 22.3 Å². The summed E-state index contributed by atoms with van der Waals surface area (Å²) in [6.07, 6.45) is -0.600. The molecular formula is C19H17N3O5S. The Labute approximate surface area is 163 Å². The maximum Gasteiger partial charge on any atom is 0.329 e. The van der Waals surface area contributed by atoms with E-state index in [0.717, 1.165) is 9.44 Å². The predicted molar refractivity (Wildman–Crippen MR) is 106 cm³/mol. The van der Waals surface area contributed by atoms with Gasteiger partial charge in [-0.2, -0.15) is 0 Å². The molecule has 1 amide bonds. The molecule has 1 N–H and O–H groups in total. The van der Waals surface area contributed by atoms with E-state index in [-0.39, 0.29) is 11.5 Å². The topological polar surface area (TPSA) is 101 Å². The minimum absolute atomic E-state index is 0.219. The van der Waals surface area contributed by atoms with Gasteiger partial charge in [-0.15, -0.1) is 11.3 Å². The average Bonchev–Trinajstić information content (AvgIpc) is 3.03. The molecule has 28 heavy (non-hydrogen) atoms. The molecular weight excluding hydrogens is 382 g/mol. The first kappa shape index (κ1) is 18.2. The largest absolute Gasteiger partial charge is 0.479 e. The van der Waals surface area contributed by atoms with Gasteiger partial charge < -0.3 is 9.64 Å². The zero-order valence-corrected chi connectivity index (χ0v) is 16.3. The zero-order chi connectivity index (χ0) is 20.2. The number of ketones is 1. The van der Waals surface area contributed by atoms with Crippen molar-refractivity contribution in [3.05, 3.63) is 55.5 Å². The van der Waals surface area contributed by atoms with Crippen LogP contribution >= 0.6 is 11.3 Å². The molecule has 1 aromatic carbocycles. The fourth-order valence-corrected chi connectivity index (χ4v) is 4.12. The van der Waals surface area contributed by atoms with Crippen molar-refractivity contribution in [2.45, 2.75) is 26.5 Å². The van der Waals surface area contributed by atoms with Gasteiger partial charge >= 0.3 is 5.69 Å². The Hall–Kier alpha value is -3.20. The number of aromatic nitrogens is 2. The van der Waals surface area contributed by atoms with Crippen molar-refractivity contribution in [3.63, 3.8) is 0 Å². The van der Waals surface area contributed by atoms with E-state index in [0.29, 0.717) is 21.7 Å². The number of thiophene rings is 1. The fourth-order valence-electron chi connectivity index (χ4n) is 3.23. The number of carbonyl (C=O) groups is 2. The molecule has 0 saturated carbocycles. The molecule has 9 heteroatoms. The van der Waals surface area contributed by atoms with Crippen LogP contribution in [0.4, 0.5) is 5.69 Å². The van der Waals surface area contributed by atoms with Crippen molar-refractivity contribution >= 4 is 38.9 Å². The van der Waals surface area contributed by atoms with Crippen LogP contribution in [0.1, 0.15) is 22.2 Å². The van der Waals surface area contributed by atoms with Crippen LogP contribution in [0.3, 0.4) is 0 Å². The van der Waals surface area contributed by atoms with Crippen molar-refractivity contribution in [2.24, 2.45) is 0 Å². The lowest BCUT2D eigenvalue weighted by molar-refractivity contribution is -0.125. The molecule has 0 radical (unpaired) electrons. The Kier molecular flexibility index (Phi) is 4.19. The number of aromatic amines is 1. The molecule has 0 spiro atoms. The van der Waals surface area contributed by atoms with E-state index in [1.807, 2.05) is 6.92 Å². The first-order chi connectivity index (χ1) is 13.3. The number of amides is 1. The summed E-state index contributed by atoms with van der Waals surface area (Å²) in [5.41, 5.74) is -0.377. The van der Waals surface area contributed by atoms with E-state index >= 15 is 0 Å². The number of ether oxygens (including phenoxy) is 1. The van der Waals surface area contributed by atoms with Gasteiger partial charge in [0, 0.05) is 17.5 Å². The van der Waals surface area contributed by atoms with Crippen molar-refractivity contribution in [3.8, 4) is 5.75 Å². The van der Waals surface area contributed by atoms with Crippen molar-refractivity contribution in [2.75, 3.05) is 11.9 Å². The first-order valence-corrected chi connectivity index (χ1v) is 9.42. The maximum atomic E-state index is 12.7. The molecule has 3 aromatic rings. The first-order valence-electron chi connectivity index (χ1n) is 8.61. The Morgan fingerprint density at radius 1 is 1.25 bits per heavy atom. The number of benzene rings is 1. The summed E-state index contributed by atoms with van der Waals surface area (Å²) in [7, 11) is 1.61. The minimum Gasteiger partial charge on any atom is -0.479 e. The lowest BCUT2D eigenvalue weighted by atomic mass is 10.1. The van der Waals surface area contributed by atoms with Crippen LogP contribution in [0, 0.1) is 6.92 Å². The van der Waals surface area contributed by atoms with Gasteiger partial charge in [0.15, 0.2) is 11.9 Å². The zero-order valence-electron chi connectivity index (χ0n) is 15.4. The summed E-state index contributed by atoms with van der Waals surface area (Å²) in [5, 5.41) is 0.382. The normalized spacial score (nSPS) is 16.2. The number of H-pyrrole nitrogens is 1. The minimum atomic E-state index is -0.630. The highest BCUT2D eigenvalue weighted by Crippen LogP contribution is 2.34. The van der Waals surface area contributed by atoms with E-state index in [1.54, 1.807) is 32.2 Å². The van der Waals surface area contributed by atoms with Crippen LogP contribution in [0.5, 0.6) is 5.75 Å². The van der Waals surface area contributed by atoms with Crippen molar-refractivity contribution in [1.82, 2.24) is 9.55 Å². The molecule has 1 unspecified atom stereocenters. The van der Waals surface area contributed by atoms with Gasteiger partial charge in [0.05, 0.1) is 17.6 Å². The van der Waals surface area contributed by atoms with Crippen LogP contribution in [-0.2, 0) is 11.3 Å². The standard InChI is InChI=1S/C19H17N3O5S/c1-9-6-12-16(28-9)20-19(26)22(18(12)25)8-14(23)11-4-5-15-13(7-11)21(3)17(24)10(2)27-15/h4-7,10H,8H2,1-3H3,(H,20,26). The van der Waals surface area contributed by atoms with Crippen LogP contribution in [0.15, 0.2) is 33.9 Å². The second-order valence-corrected chi connectivity index (χ2v) is 7.94. The van der Waals surface area contributed by atoms with Gasteiger partial charge in [0.1, 0.15) is 10.6 Å². The van der Waals surface area contributed by atoms with Crippen molar-refractivity contribution in [1.29, 1.82) is 0 Å². The Bertz CT molecular complexity index is 1250. The van der Waals surface area contributed by atoms with E-state index in [4.69, 9.17) is 4.74 Å². The Balaban J connectivity index is 1.70. The molecule has 1 atom stereocenters. The molecule has 2 aromatic heterocycles. The number of hydrogen-bond donors (Lipinski definition) is 1. The van der Waals surface area contributed by atoms with Gasteiger partial charge in [-0.05, 0) is 38.1 Å². The molecule has 144 valence electrons. The van der Waals surface area contributed by atoms with Gasteiger partial charge in [-0.1, -0.05) is 0 Å². The summed E-state index contributed by atoms with van der Waals surface area (Å²) in [6.45, 7) is 3.10. The Morgan fingerprint density at radius 3 is 2.75 bits per heavy atom. The molecule has 4 rings (SSSR count). The van der Waals surface area contributed by atoms with E-state index in [9.17, 15) is 19.2 Å². The molecule has 3 heterocycles. The average molecular weight is 399 g/mol. The second kappa shape index (κ2) is 6.45. The summed E-state index contributed by atoms with van der Waals surface area (Å²) in [6, 6.07) is 6.40. The highest BCUT2D eigenvalue weighted by atomic mass is 32.1. The van der Waals surface area contributed by atoms with Gasteiger partial charge in [-0.25, -0.2) is 4.79 Å². The number of anilines is 1. The molecule has 0 saturated heterocycles. The number of carbonyl (C=O) groups excluding carboxylic acids is 2. The highest BCUT2D eigenvalue weighted by molar-refractivity contribution is 7.18. The summed E-state index contributed by atoms with van der Waals surface area (Å²) in [5.74, 6) is -0.138. The van der Waals surface area contributed by atoms with Gasteiger partial charge in [0.2, 0.25) is 0 Å². The monoisotopic (exact) mass is 399 g/mol. The molecule has 0 bridgehead atoms. The number of aryl methyl sites for hydroxylation is 1. The number of nitrogens with one attached hydrogen (secondary N) is 1. The predicted octanol–water partition coefficient (Wildman–Crippen LogP) is 1.69. The fraction of sp³-hybridized carbons (Fsp3) is 0.263. The Morgan fingerprint density at radius 2 is 2.00 bits per heavy atom. The number of Topliss-reactive ketones (excluding diaryl/α,β-unsaturated/α-hetero) is 1. The third kappa shape index (κ3) is 2.84. The molecule has 1 aliphatic heterocycles. The molecule has 1 aliphatic rings. The maximum absolute atomic E-state index is 12.7. The lowest BCUT2D eigenvalue weighted by Gasteiger charge is -2.30. The third-order valence-corrected chi connectivity index (χ3v) is 5.69.